The molecule has 0 aromatic heterocycles. The molecule has 1 aliphatic carbocycles. The highest BCUT2D eigenvalue weighted by Gasteiger charge is 2.56. The molecule has 0 spiro atoms. The van der Waals surface area contributed by atoms with Crippen LogP contribution in [0.2, 0.25) is 0 Å². The number of carbonyl (C=O) groups excluding carboxylic acids is 1. The van der Waals surface area contributed by atoms with Crippen molar-refractivity contribution in [3.63, 3.8) is 0 Å². The van der Waals surface area contributed by atoms with Crippen LogP contribution in [0.15, 0.2) is 30.3 Å². The van der Waals surface area contributed by atoms with Crippen molar-refractivity contribution in [1.29, 1.82) is 0 Å². The molecule has 1 fully saturated rings. The highest BCUT2D eigenvalue weighted by Crippen LogP contribution is 2.57. The third-order valence-corrected chi connectivity index (χ3v) is 5.70. The molecular formula is C18H26O2. The Kier molecular flexibility index (Phi) is 4.22. The molecule has 0 radical (unpaired) electrons. The van der Waals surface area contributed by atoms with Crippen LogP contribution in [0, 0.1) is 16.7 Å². The molecule has 0 unspecified atom stereocenters. The first-order valence-electron chi connectivity index (χ1n) is 7.54. The molecule has 0 aliphatic heterocycles. The van der Waals surface area contributed by atoms with Gasteiger partial charge in [-0.15, -0.1) is 0 Å². The van der Waals surface area contributed by atoms with Crippen molar-refractivity contribution in [3.8, 4) is 0 Å². The zero-order chi connectivity index (χ0) is 14.8. The smallest absolute Gasteiger partial charge is 0.312 e. The van der Waals surface area contributed by atoms with Gasteiger partial charge in [-0.05, 0) is 49.5 Å². The van der Waals surface area contributed by atoms with E-state index in [0.29, 0.717) is 5.92 Å². The molecule has 0 heterocycles. The average Bonchev–Trinajstić information content (AvgIpc) is 2.69. The minimum Gasteiger partial charge on any atom is -0.469 e. The van der Waals surface area contributed by atoms with E-state index in [2.05, 4.69) is 51.1 Å². The summed E-state index contributed by atoms with van der Waals surface area (Å²) in [4.78, 5) is 12.1. The minimum absolute atomic E-state index is 0.00509. The van der Waals surface area contributed by atoms with Crippen molar-refractivity contribution < 1.29 is 9.53 Å². The van der Waals surface area contributed by atoms with E-state index in [-0.39, 0.29) is 16.8 Å². The first-order valence-corrected chi connectivity index (χ1v) is 7.54. The number of aryl methyl sites for hydroxylation is 1. The second-order valence-corrected chi connectivity index (χ2v) is 6.81. The summed E-state index contributed by atoms with van der Waals surface area (Å²) in [5.74, 6) is 0.525. The molecule has 1 aliphatic rings. The fourth-order valence-electron chi connectivity index (χ4n) is 3.68. The van der Waals surface area contributed by atoms with Gasteiger partial charge in [0.05, 0.1) is 12.5 Å². The molecule has 2 rings (SSSR count). The largest absolute Gasteiger partial charge is 0.469 e. The minimum atomic E-state index is -0.344. The number of methoxy groups -OCH3 is 1. The molecule has 20 heavy (non-hydrogen) atoms. The molecule has 2 nitrogen and oxygen atoms in total. The van der Waals surface area contributed by atoms with Gasteiger partial charge in [-0.2, -0.15) is 0 Å². The zero-order valence-electron chi connectivity index (χ0n) is 13.1. The third kappa shape index (κ3) is 2.48. The van der Waals surface area contributed by atoms with Crippen molar-refractivity contribution in [2.45, 2.75) is 46.5 Å². The Bertz CT molecular complexity index is 464. The monoisotopic (exact) mass is 274 g/mol. The van der Waals surface area contributed by atoms with Gasteiger partial charge in [-0.1, -0.05) is 44.2 Å². The number of hydrogen-bond donors (Lipinski definition) is 0. The van der Waals surface area contributed by atoms with Crippen molar-refractivity contribution in [3.05, 3.63) is 35.9 Å². The van der Waals surface area contributed by atoms with E-state index in [0.717, 1.165) is 25.7 Å². The third-order valence-electron chi connectivity index (χ3n) is 5.70. The lowest BCUT2D eigenvalue weighted by Crippen LogP contribution is -2.41. The van der Waals surface area contributed by atoms with Crippen molar-refractivity contribution in [2.24, 2.45) is 16.7 Å². The second-order valence-electron chi connectivity index (χ2n) is 6.81. The lowest BCUT2D eigenvalue weighted by atomic mass is 9.65. The van der Waals surface area contributed by atoms with Crippen LogP contribution in [0.4, 0.5) is 0 Å². The summed E-state index contributed by atoms with van der Waals surface area (Å²) < 4.78 is 5.04. The maximum Gasteiger partial charge on any atom is 0.312 e. The number of esters is 1. The highest BCUT2D eigenvalue weighted by molar-refractivity contribution is 5.77. The zero-order valence-corrected chi connectivity index (χ0v) is 13.1. The van der Waals surface area contributed by atoms with Gasteiger partial charge in [0.15, 0.2) is 0 Å². The summed E-state index contributed by atoms with van der Waals surface area (Å²) >= 11 is 0. The Labute approximate surface area is 122 Å². The SMILES string of the molecule is COC(=O)[C@]1(C)CC[C@@H](CCc2ccccc2)C1(C)C. The molecule has 0 saturated heterocycles. The Morgan fingerprint density at radius 1 is 1.25 bits per heavy atom. The molecular weight excluding hydrogens is 248 g/mol. The van der Waals surface area contributed by atoms with Crippen LogP contribution < -0.4 is 0 Å². The Morgan fingerprint density at radius 2 is 1.90 bits per heavy atom. The van der Waals surface area contributed by atoms with Crippen LogP contribution in [-0.4, -0.2) is 13.1 Å². The lowest BCUT2D eigenvalue weighted by Gasteiger charge is -2.39. The molecule has 110 valence electrons. The van der Waals surface area contributed by atoms with Crippen molar-refractivity contribution in [1.82, 2.24) is 0 Å². The number of benzene rings is 1. The standard InChI is InChI=1S/C18H26O2/c1-17(2)15(11-10-14-8-6-5-7-9-14)12-13-18(17,3)16(19)20-4/h5-9,15H,10-13H2,1-4H3/t15-,18+/m1/s1. The predicted molar refractivity (Wildman–Crippen MR) is 81.4 cm³/mol. The van der Waals surface area contributed by atoms with E-state index in [9.17, 15) is 4.79 Å². The number of rotatable bonds is 4. The van der Waals surface area contributed by atoms with Gasteiger partial charge in [0.2, 0.25) is 0 Å². The summed E-state index contributed by atoms with van der Waals surface area (Å²) in [6.45, 7) is 6.53. The van der Waals surface area contributed by atoms with Gasteiger partial charge < -0.3 is 4.74 Å². The van der Waals surface area contributed by atoms with Crippen LogP contribution in [0.3, 0.4) is 0 Å². The fourth-order valence-corrected chi connectivity index (χ4v) is 3.68. The van der Waals surface area contributed by atoms with Gasteiger partial charge >= 0.3 is 5.97 Å². The molecule has 0 N–H and O–H groups in total. The molecule has 2 heteroatoms. The lowest BCUT2D eigenvalue weighted by molar-refractivity contribution is -0.158. The average molecular weight is 274 g/mol. The molecule has 1 saturated carbocycles. The van der Waals surface area contributed by atoms with Crippen LogP contribution in [0.1, 0.15) is 45.6 Å². The van der Waals surface area contributed by atoms with Crippen LogP contribution >= 0.6 is 0 Å². The van der Waals surface area contributed by atoms with E-state index in [1.165, 1.54) is 12.7 Å². The Balaban J connectivity index is 2.06. The number of carbonyl (C=O) groups is 1. The Morgan fingerprint density at radius 3 is 2.50 bits per heavy atom. The maximum absolute atomic E-state index is 12.1. The normalized spacial score (nSPS) is 28.3. The van der Waals surface area contributed by atoms with E-state index >= 15 is 0 Å². The Hall–Kier alpha value is -1.31. The van der Waals surface area contributed by atoms with Crippen molar-refractivity contribution >= 4 is 5.97 Å². The summed E-state index contributed by atoms with van der Waals surface area (Å²) in [5.41, 5.74) is 1.04. The summed E-state index contributed by atoms with van der Waals surface area (Å²) in [7, 11) is 1.50. The van der Waals surface area contributed by atoms with Crippen LogP contribution in [-0.2, 0) is 16.0 Å². The van der Waals surface area contributed by atoms with E-state index in [1.807, 2.05) is 0 Å². The molecule has 2 atom stereocenters. The highest BCUT2D eigenvalue weighted by atomic mass is 16.5. The molecule has 0 bridgehead atoms. The van der Waals surface area contributed by atoms with E-state index in [1.54, 1.807) is 0 Å². The first-order chi connectivity index (χ1) is 9.41. The number of ether oxygens (including phenoxy) is 1. The first kappa shape index (κ1) is 15.1. The van der Waals surface area contributed by atoms with Gasteiger partial charge in [0.1, 0.15) is 0 Å². The quantitative estimate of drug-likeness (QED) is 0.768. The van der Waals surface area contributed by atoms with Gasteiger partial charge in [-0.25, -0.2) is 0 Å². The van der Waals surface area contributed by atoms with Gasteiger partial charge in [-0.3, -0.25) is 4.79 Å². The molecule has 0 amide bonds. The topological polar surface area (TPSA) is 26.3 Å². The fraction of sp³-hybridized carbons (Fsp3) is 0.611. The second kappa shape index (κ2) is 5.59. The van der Waals surface area contributed by atoms with Gasteiger partial charge in [0, 0.05) is 0 Å². The number of hydrogen-bond acceptors (Lipinski definition) is 2. The predicted octanol–water partition coefficient (Wildman–Crippen LogP) is 4.23. The maximum atomic E-state index is 12.1. The van der Waals surface area contributed by atoms with E-state index in [4.69, 9.17) is 4.74 Å². The summed E-state index contributed by atoms with van der Waals surface area (Å²) in [6.07, 6.45) is 4.29. The van der Waals surface area contributed by atoms with Gasteiger partial charge in [0.25, 0.3) is 0 Å². The molecule has 1 aromatic carbocycles. The van der Waals surface area contributed by atoms with E-state index < -0.39 is 0 Å². The van der Waals surface area contributed by atoms with Crippen LogP contribution in [0.5, 0.6) is 0 Å². The van der Waals surface area contributed by atoms with Crippen molar-refractivity contribution in [2.75, 3.05) is 7.11 Å². The summed E-state index contributed by atoms with van der Waals surface area (Å²) in [6, 6.07) is 10.6. The summed E-state index contributed by atoms with van der Waals surface area (Å²) in [5, 5.41) is 0. The van der Waals surface area contributed by atoms with Crippen LogP contribution in [0.25, 0.3) is 0 Å². The molecule has 1 aromatic rings.